The molecule has 1 aromatic rings. The Bertz CT molecular complexity index is 381. The van der Waals surface area contributed by atoms with Crippen LogP contribution in [-0.2, 0) is 18.5 Å². The molecule has 2 heterocycles. The van der Waals surface area contributed by atoms with Crippen molar-refractivity contribution in [2.75, 3.05) is 6.54 Å². The number of hydrogen-bond acceptors (Lipinski definition) is 2. The van der Waals surface area contributed by atoms with Crippen molar-refractivity contribution in [1.82, 2.24) is 14.9 Å². The van der Waals surface area contributed by atoms with Crippen molar-refractivity contribution < 1.29 is 0 Å². The predicted molar refractivity (Wildman–Crippen MR) is 71.0 cm³/mol. The van der Waals surface area contributed by atoms with Crippen LogP contribution in [-0.4, -0.2) is 16.1 Å². The second-order valence-electron chi connectivity index (χ2n) is 5.78. The molecule has 0 aromatic carbocycles. The average molecular weight is 235 g/mol. The van der Waals surface area contributed by atoms with E-state index in [-0.39, 0.29) is 5.54 Å². The van der Waals surface area contributed by atoms with E-state index in [4.69, 9.17) is 0 Å². The largest absolute Gasteiger partial charge is 0.333 e. The smallest absolute Gasteiger partial charge is 0.0952 e. The van der Waals surface area contributed by atoms with Crippen LogP contribution in [0.25, 0.3) is 0 Å². The number of rotatable bonds is 4. The van der Waals surface area contributed by atoms with Crippen LogP contribution in [0.3, 0.4) is 0 Å². The van der Waals surface area contributed by atoms with Crippen molar-refractivity contribution >= 4 is 0 Å². The first kappa shape index (κ1) is 12.6. The molecule has 3 heteroatoms. The fourth-order valence-electron chi connectivity index (χ4n) is 2.64. The highest BCUT2D eigenvalue weighted by Gasteiger charge is 2.33. The molecule has 17 heavy (non-hydrogen) atoms. The number of aryl methyl sites for hydroxylation is 1. The Labute approximate surface area is 105 Å². The zero-order chi connectivity index (χ0) is 12.5. The third-order valence-corrected chi connectivity index (χ3v) is 3.97. The highest BCUT2D eigenvalue weighted by Crippen LogP contribution is 2.30. The van der Waals surface area contributed by atoms with Gasteiger partial charge in [-0.15, -0.1) is 0 Å². The topological polar surface area (TPSA) is 29.9 Å². The highest BCUT2D eigenvalue weighted by molar-refractivity contribution is 5.25. The zero-order valence-electron chi connectivity index (χ0n) is 11.6. The van der Waals surface area contributed by atoms with Gasteiger partial charge in [0.15, 0.2) is 0 Å². The van der Waals surface area contributed by atoms with Crippen molar-refractivity contribution in [3.8, 4) is 0 Å². The third-order valence-electron chi connectivity index (χ3n) is 3.97. The van der Waals surface area contributed by atoms with E-state index in [1.165, 1.54) is 17.8 Å². The second-order valence-corrected chi connectivity index (χ2v) is 5.78. The number of nitrogens with one attached hydrogen (secondary N) is 1. The lowest BCUT2D eigenvalue weighted by molar-refractivity contribution is 0.308. The minimum Gasteiger partial charge on any atom is -0.333 e. The molecular formula is C14H25N3. The van der Waals surface area contributed by atoms with Crippen LogP contribution in [0.5, 0.6) is 0 Å². The molecule has 0 amide bonds. The van der Waals surface area contributed by atoms with Gasteiger partial charge in [0.2, 0.25) is 0 Å². The molecule has 1 aliphatic rings. The standard InChI is InChI=1S/C14H25N3/c1-5-14(4)13-12(6-8-16-14)15-10-17(13)9-7-11(2)3/h10-11,16H,5-9H2,1-4H3. The molecule has 0 saturated heterocycles. The summed E-state index contributed by atoms with van der Waals surface area (Å²) in [7, 11) is 0. The summed E-state index contributed by atoms with van der Waals surface area (Å²) in [6.07, 6.45) is 5.45. The average Bonchev–Trinajstić information content (AvgIpc) is 2.71. The molecule has 1 unspecified atom stereocenters. The number of fused-ring (bicyclic) bond motifs is 1. The van der Waals surface area contributed by atoms with Gasteiger partial charge in [0.25, 0.3) is 0 Å². The van der Waals surface area contributed by atoms with E-state index in [0.29, 0.717) is 0 Å². The first-order chi connectivity index (χ1) is 8.07. The number of aromatic nitrogens is 2. The fraction of sp³-hybridized carbons (Fsp3) is 0.786. The molecule has 0 bridgehead atoms. The molecule has 1 N–H and O–H groups in total. The van der Waals surface area contributed by atoms with E-state index in [1.807, 2.05) is 6.33 Å². The second kappa shape index (κ2) is 4.81. The van der Waals surface area contributed by atoms with E-state index in [9.17, 15) is 0 Å². The summed E-state index contributed by atoms with van der Waals surface area (Å²) in [5.74, 6) is 0.748. The summed E-state index contributed by atoms with van der Waals surface area (Å²) >= 11 is 0. The van der Waals surface area contributed by atoms with Gasteiger partial charge < -0.3 is 9.88 Å². The third kappa shape index (κ3) is 2.39. The van der Waals surface area contributed by atoms with Crippen LogP contribution < -0.4 is 5.32 Å². The predicted octanol–water partition coefficient (Wildman–Crippen LogP) is 2.70. The summed E-state index contributed by atoms with van der Waals surface area (Å²) in [5, 5.41) is 3.65. The van der Waals surface area contributed by atoms with Crippen LogP contribution in [0.1, 0.15) is 51.9 Å². The molecule has 0 radical (unpaired) electrons. The van der Waals surface area contributed by atoms with E-state index in [1.54, 1.807) is 0 Å². The molecule has 1 atom stereocenters. The molecule has 1 aromatic heterocycles. The van der Waals surface area contributed by atoms with Crippen LogP contribution in [0, 0.1) is 5.92 Å². The minimum atomic E-state index is 0.112. The summed E-state index contributed by atoms with van der Waals surface area (Å²) in [4.78, 5) is 4.60. The van der Waals surface area contributed by atoms with Crippen molar-refractivity contribution in [3.05, 3.63) is 17.7 Å². The summed E-state index contributed by atoms with van der Waals surface area (Å²) in [6.45, 7) is 11.3. The van der Waals surface area contributed by atoms with Gasteiger partial charge in [-0.3, -0.25) is 0 Å². The first-order valence-corrected chi connectivity index (χ1v) is 6.86. The van der Waals surface area contributed by atoms with Crippen LogP contribution >= 0.6 is 0 Å². The lowest BCUT2D eigenvalue weighted by Gasteiger charge is -2.35. The van der Waals surface area contributed by atoms with Crippen molar-refractivity contribution in [2.45, 2.75) is 59.0 Å². The normalized spacial score (nSPS) is 24.1. The molecule has 1 aliphatic heterocycles. The number of hydrogen-bond donors (Lipinski definition) is 1. The maximum Gasteiger partial charge on any atom is 0.0952 e. The molecule has 0 saturated carbocycles. The lowest BCUT2D eigenvalue weighted by Crippen LogP contribution is -2.45. The molecule has 0 spiro atoms. The van der Waals surface area contributed by atoms with Crippen molar-refractivity contribution in [2.24, 2.45) is 5.92 Å². The highest BCUT2D eigenvalue weighted by atomic mass is 15.1. The number of nitrogens with zero attached hydrogens (tertiary/aromatic N) is 2. The Morgan fingerprint density at radius 2 is 2.29 bits per heavy atom. The fourth-order valence-corrected chi connectivity index (χ4v) is 2.64. The van der Waals surface area contributed by atoms with Crippen LogP contribution in [0.2, 0.25) is 0 Å². The van der Waals surface area contributed by atoms with Gasteiger partial charge in [0.1, 0.15) is 0 Å². The SMILES string of the molecule is CCC1(C)NCCc2ncn(CCC(C)C)c21. The maximum absolute atomic E-state index is 4.60. The lowest BCUT2D eigenvalue weighted by atomic mass is 9.88. The zero-order valence-corrected chi connectivity index (χ0v) is 11.6. The summed E-state index contributed by atoms with van der Waals surface area (Å²) in [6, 6.07) is 0. The van der Waals surface area contributed by atoms with Crippen LogP contribution in [0.4, 0.5) is 0 Å². The Balaban J connectivity index is 2.27. The number of imidazole rings is 1. The van der Waals surface area contributed by atoms with E-state index in [2.05, 4.69) is 42.6 Å². The molecular weight excluding hydrogens is 210 g/mol. The Kier molecular flexibility index (Phi) is 3.57. The van der Waals surface area contributed by atoms with Gasteiger partial charge in [-0.1, -0.05) is 20.8 Å². The summed E-state index contributed by atoms with van der Waals surface area (Å²) in [5.41, 5.74) is 2.84. The van der Waals surface area contributed by atoms with Gasteiger partial charge in [0.05, 0.1) is 23.3 Å². The molecule has 96 valence electrons. The van der Waals surface area contributed by atoms with Crippen molar-refractivity contribution in [3.63, 3.8) is 0 Å². The quantitative estimate of drug-likeness (QED) is 0.869. The Morgan fingerprint density at radius 3 is 2.94 bits per heavy atom. The Morgan fingerprint density at radius 1 is 1.53 bits per heavy atom. The molecule has 0 fully saturated rings. The van der Waals surface area contributed by atoms with Gasteiger partial charge in [-0.2, -0.15) is 0 Å². The summed E-state index contributed by atoms with van der Waals surface area (Å²) < 4.78 is 2.37. The molecule has 2 rings (SSSR count). The van der Waals surface area contributed by atoms with Gasteiger partial charge in [-0.05, 0) is 25.7 Å². The minimum absolute atomic E-state index is 0.112. The maximum atomic E-state index is 4.60. The monoisotopic (exact) mass is 235 g/mol. The molecule has 3 nitrogen and oxygen atoms in total. The van der Waals surface area contributed by atoms with Crippen molar-refractivity contribution in [1.29, 1.82) is 0 Å². The van der Waals surface area contributed by atoms with Gasteiger partial charge in [-0.25, -0.2) is 4.98 Å². The van der Waals surface area contributed by atoms with E-state index >= 15 is 0 Å². The molecule has 0 aliphatic carbocycles. The Hall–Kier alpha value is -0.830. The first-order valence-electron chi connectivity index (χ1n) is 6.86. The van der Waals surface area contributed by atoms with Gasteiger partial charge in [0, 0.05) is 19.5 Å². The van der Waals surface area contributed by atoms with E-state index in [0.717, 1.165) is 31.8 Å². The van der Waals surface area contributed by atoms with E-state index < -0.39 is 0 Å². The van der Waals surface area contributed by atoms with Gasteiger partial charge >= 0.3 is 0 Å². The van der Waals surface area contributed by atoms with Crippen LogP contribution in [0.15, 0.2) is 6.33 Å².